The van der Waals surface area contributed by atoms with Gasteiger partial charge >= 0.3 is 0 Å². The lowest BCUT2D eigenvalue weighted by Gasteiger charge is -2.04. The standard InChI is InChI=1S/C12H8BrFN2O/c13-9-4-5-11(15-7-9)16-12(17)8-2-1-3-10(14)6-8/h1-7H,(H,15,16,17). The van der Waals surface area contributed by atoms with E-state index < -0.39 is 5.82 Å². The van der Waals surface area contributed by atoms with Crippen molar-refractivity contribution in [1.82, 2.24) is 4.98 Å². The van der Waals surface area contributed by atoms with Gasteiger partial charge in [-0.3, -0.25) is 4.79 Å². The third kappa shape index (κ3) is 3.10. The van der Waals surface area contributed by atoms with Gasteiger partial charge in [-0.1, -0.05) is 6.07 Å². The summed E-state index contributed by atoms with van der Waals surface area (Å²) in [6, 6.07) is 8.90. The maximum absolute atomic E-state index is 12.9. The number of benzene rings is 1. The molecule has 2 rings (SSSR count). The average molecular weight is 295 g/mol. The topological polar surface area (TPSA) is 42.0 Å². The van der Waals surface area contributed by atoms with Crippen molar-refractivity contribution in [3.8, 4) is 0 Å². The molecule has 5 heteroatoms. The molecule has 1 heterocycles. The number of nitrogens with one attached hydrogen (secondary N) is 1. The molecule has 1 aromatic carbocycles. The van der Waals surface area contributed by atoms with Crippen LogP contribution >= 0.6 is 15.9 Å². The Morgan fingerprint density at radius 2 is 2.12 bits per heavy atom. The van der Waals surface area contributed by atoms with Crippen LogP contribution in [0.25, 0.3) is 0 Å². The quantitative estimate of drug-likeness (QED) is 0.924. The van der Waals surface area contributed by atoms with Crippen molar-refractivity contribution in [2.45, 2.75) is 0 Å². The van der Waals surface area contributed by atoms with E-state index in [-0.39, 0.29) is 11.5 Å². The predicted molar refractivity (Wildman–Crippen MR) is 66.3 cm³/mol. The van der Waals surface area contributed by atoms with Gasteiger partial charge in [0.25, 0.3) is 5.91 Å². The van der Waals surface area contributed by atoms with E-state index in [1.807, 2.05) is 0 Å². The summed E-state index contributed by atoms with van der Waals surface area (Å²) < 4.78 is 13.7. The highest BCUT2D eigenvalue weighted by molar-refractivity contribution is 9.10. The summed E-state index contributed by atoms with van der Waals surface area (Å²) in [5, 5.41) is 2.58. The molecule has 3 nitrogen and oxygen atoms in total. The van der Waals surface area contributed by atoms with Crippen LogP contribution in [0.2, 0.25) is 0 Å². The first-order chi connectivity index (χ1) is 8.15. The molecule has 2 aromatic rings. The fourth-order valence-electron chi connectivity index (χ4n) is 1.27. The summed E-state index contributed by atoms with van der Waals surface area (Å²) in [4.78, 5) is 15.7. The number of carbonyl (C=O) groups excluding carboxylic acids is 1. The van der Waals surface area contributed by atoms with Gasteiger partial charge in [0.15, 0.2) is 0 Å². The van der Waals surface area contributed by atoms with Crippen LogP contribution in [0.1, 0.15) is 10.4 Å². The predicted octanol–water partition coefficient (Wildman–Crippen LogP) is 3.24. The summed E-state index contributed by atoms with van der Waals surface area (Å²) in [5.41, 5.74) is 0.259. The molecule has 1 amide bonds. The average Bonchev–Trinajstić information content (AvgIpc) is 2.32. The van der Waals surface area contributed by atoms with Crippen molar-refractivity contribution in [2.75, 3.05) is 5.32 Å². The van der Waals surface area contributed by atoms with Gasteiger partial charge in [0.05, 0.1) is 0 Å². The van der Waals surface area contributed by atoms with E-state index in [0.717, 1.165) is 4.47 Å². The monoisotopic (exact) mass is 294 g/mol. The number of carbonyl (C=O) groups is 1. The Morgan fingerprint density at radius 3 is 2.76 bits per heavy atom. The summed E-state index contributed by atoms with van der Waals surface area (Å²) in [6.07, 6.45) is 1.57. The Balaban J connectivity index is 2.14. The smallest absolute Gasteiger partial charge is 0.256 e. The zero-order valence-electron chi connectivity index (χ0n) is 8.65. The minimum atomic E-state index is -0.443. The van der Waals surface area contributed by atoms with Crippen LogP contribution < -0.4 is 5.32 Å². The van der Waals surface area contributed by atoms with Crippen LogP contribution in [0.5, 0.6) is 0 Å². The van der Waals surface area contributed by atoms with E-state index >= 15 is 0 Å². The number of amides is 1. The molecule has 0 aliphatic carbocycles. The number of anilines is 1. The lowest BCUT2D eigenvalue weighted by Crippen LogP contribution is -2.12. The van der Waals surface area contributed by atoms with Gasteiger partial charge in [-0.15, -0.1) is 0 Å². The first kappa shape index (κ1) is 11.7. The Kier molecular flexibility index (Phi) is 3.49. The SMILES string of the molecule is O=C(Nc1ccc(Br)cn1)c1cccc(F)c1. The van der Waals surface area contributed by atoms with E-state index in [0.29, 0.717) is 5.82 Å². The molecule has 0 bridgehead atoms. The maximum Gasteiger partial charge on any atom is 0.256 e. The van der Waals surface area contributed by atoms with Gasteiger partial charge in [-0.2, -0.15) is 0 Å². The van der Waals surface area contributed by atoms with E-state index in [1.165, 1.54) is 24.3 Å². The minimum absolute atomic E-state index is 0.259. The molecule has 0 atom stereocenters. The van der Waals surface area contributed by atoms with E-state index in [4.69, 9.17) is 0 Å². The second-order valence-corrected chi connectivity index (χ2v) is 4.24. The van der Waals surface area contributed by atoms with Crippen LogP contribution in [0.15, 0.2) is 47.1 Å². The van der Waals surface area contributed by atoms with Crippen molar-refractivity contribution in [1.29, 1.82) is 0 Å². The highest BCUT2D eigenvalue weighted by atomic mass is 79.9. The molecular formula is C12H8BrFN2O. The van der Waals surface area contributed by atoms with Gasteiger partial charge in [0.1, 0.15) is 11.6 Å². The molecule has 0 aliphatic rings. The Labute approximate surface area is 106 Å². The number of hydrogen-bond acceptors (Lipinski definition) is 2. The Bertz CT molecular complexity index is 542. The van der Waals surface area contributed by atoms with Crippen molar-refractivity contribution >= 4 is 27.7 Å². The first-order valence-electron chi connectivity index (χ1n) is 4.83. The van der Waals surface area contributed by atoms with Crippen LogP contribution in [0.4, 0.5) is 10.2 Å². The molecule has 0 radical (unpaired) electrons. The van der Waals surface area contributed by atoms with Crippen LogP contribution in [-0.4, -0.2) is 10.9 Å². The second-order valence-electron chi connectivity index (χ2n) is 3.33. The van der Waals surface area contributed by atoms with Gasteiger partial charge in [-0.05, 0) is 46.3 Å². The summed E-state index contributed by atoms with van der Waals surface area (Å²) >= 11 is 3.24. The molecule has 86 valence electrons. The van der Waals surface area contributed by atoms with Gasteiger partial charge < -0.3 is 5.32 Å². The third-order valence-corrected chi connectivity index (χ3v) is 2.52. The van der Waals surface area contributed by atoms with E-state index in [2.05, 4.69) is 26.2 Å². The number of hydrogen-bond donors (Lipinski definition) is 1. The van der Waals surface area contributed by atoms with Gasteiger partial charge in [0.2, 0.25) is 0 Å². The van der Waals surface area contributed by atoms with Crippen LogP contribution in [0.3, 0.4) is 0 Å². The highest BCUT2D eigenvalue weighted by Gasteiger charge is 2.07. The molecule has 17 heavy (non-hydrogen) atoms. The molecular weight excluding hydrogens is 287 g/mol. The van der Waals surface area contributed by atoms with Crippen molar-refractivity contribution in [3.05, 3.63) is 58.4 Å². The zero-order valence-corrected chi connectivity index (χ0v) is 10.2. The fourth-order valence-corrected chi connectivity index (χ4v) is 1.50. The Morgan fingerprint density at radius 1 is 1.29 bits per heavy atom. The number of rotatable bonds is 2. The number of halogens is 2. The summed E-state index contributed by atoms with van der Waals surface area (Å²) in [5.74, 6) is -0.414. The van der Waals surface area contributed by atoms with E-state index in [9.17, 15) is 9.18 Å². The van der Waals surface area contributed by atoms with Crippen LogP contribution in [0, 0.1) is 5.82 Å². The molecule has 1 N–H and O–H groups in total. The number of pyridine rings is 1. The number of aromatic nitrogens is 1. The van der Waals surface area contributed by atoms with Crippen molar-refractivity contribution in [3.63, 3.8) is 0 Å². The molecule has 0 spiro atoms. The summed E-state index contributed by atoms with van der Waals surface area (Å²) in [6.45, 7) is 0. The molecule has 1 aromatic heterocycles. The molecule has 0 unspecified atom stereocenters. The minimum Gasteiger partial charge on any atom is -0.307 e. The van der Waals surface area contributed by atoms with Crippen LogP contribution in [-0.2, 0) is 0 Å². The fraction of sp³-hybridized carbons (Fsp3) is 0. The lowest BCUT2D eigenvalue weighted by molar-refractivity contribution is 0.102. The maximum atomic E-state index is 12.9. The van der Waals surface area contributed by atoms with Crippen molar-refractivity contribution < 1.29 is 9.18 Å². The largest absolute Gasteiger partial charge is 0.307 e. The lowest BCUT2D eigenvalue weighted by atomic mass is 10.2. The second kappa shape index (κ2) is 5.05. The molecule has 0 fully saturated rings. The Hall–Kier alpha value is -1.75. The normalized spacial score (nSPS) is 10.0. The van der Waals surface area contributed by atoms with E-state index in [1.54, 1.807) is 18.3 Å². The third-order valence-electron chi connectivity index (χ3n) is 2.06. The molecule has 0 aliphatic heterocycles. The van der Waals surface area contributed by atoms with Crippen molar-refractivity contribution in [2.24, 2.45) is 0 Å². The van der Waals surface area contributed by atoms with Gasteiger partial charge in [-0.25, -0.2) is 9.37 Å². The zero-order chi connectivity index (χ0) is 12.3. The van der Waals surface area contributed by atoms with Gasteiger partial charge in [0, 0.05) is 16.2 Å². The molecule has 0 saturated carbocycles. The number of nitrogens with zero attached hydrogens (tertiary/aromatic N) is 1. The first-order valence-corrected chi connectivity index (χ1v) is 5.63. The summed E-state index contributed by atoms with van der Waals surface area (Å²) in [7, 11) is 0. The highest BCUT2D eigenvalue weighted by Crippen LogP contribution is 2.12. The molecule has 0 saturated heterocycles.